The number of sulfone groups is 1. The number of hydrogen-bond donors (Lipinski definition) is 2. The van der Waals surface area contributed by atoms with Crippen LogP contribution in [0.3, 0.4) is 0 Å². The van der Waals surface area contributed by atoms with Gasteiger partial charge in [-0.3, -0.25) is 4.79 Å². The molecule has 0 radical (unpaired) electrons. The van der Waals surface area contributed by atoms with E-state index in [0.29, 0.717) is 5.69 Å². The van der Waals surface area contributed by atoms with Gasteiger partial charge in [-0.05, 0) is 31.4 Å². The first kappa shape index (κ1) is 17.7. The second-order valence-corrected chi connectivity index (χ2v) is 8.16. The van der Waals surface area contributed by atoms with Gasteiger partial charge in [0.15, 0.2) is 9.84 Å². The van der Waals surface area contributed by atoms with Crippen molar-refractivity contribution < 1.29 is 13.2 Å². The zero-order chi connectivity index (χ0) is 16.2. The molecule has 1 aromatic rings. The summed E-state index contributed by atoms with van der Waals surface area (Å²) in [5, 5.41) is 1.000. The van der Waals surface area contributed by atoms with Gasteiger partial charge in [-0.25, -0.2) is 8.42 Å². The number of para-hydroxylation sites is 1. The van der Waals surface area contributed by atoms with E-state index in [4.69, 9.17) is 5.73 Å². The summed E-state index contributed by atoms with van der Waals surface area (Å²) in [6.07, 6.45) is 0. The molecule has 5 nitrogen and oxygen atoms in total. The molecular formula is C15H24N2O3S. The van der Waals surface area contributed by atoms with Crippen LogP contribution in [0.5, 0.6) is 0 Å². The minimum atomic E-state index is -3.52. The second kappa shape index (κ2) is 7.04. The summed E-state index contributed by atoms with van der Waals surface area (Å²) in [5.74, 6) is -0.565. The van der Waals surface area contributed by atoms with Crippen LogP contribution in [0.1, 0.15) is 33.3 Å². The van der Waals surface area contributed by atoms with Crippen LogP contribution in [0.2, 0.25) is 0 Å². The number of benzene rings is 1. The maximum atomic E-state index is 12.4. The van der Waals surface area contributed by atoms with Gasteiger partial charge in [0.05, 0.1) is 5.25 Å². The zero-order valence-electron chi connectivity index (χ0n) is 13.0. The minimum Gasteiger partial charge on any atom is -0.326 e. The first-order valence-electron chi connectivity index (χ1n) is 7.03. The molecule has 1 rings (SSSR count). The third-order valence-electron chi connectivity index (χ3n) is 3.81. The topological polar surface area (TPSA) is 89.3 Å². The van der Waals surface area contributed by atoms with Crippen LogP contribution < -0.4 is 11.1 Å². The smallest absolute Gasteiger partial charge is 0.242 e. The molecule has 1 amide bonds. The Bertz CT molecular complexity index is 597. The van der Waals surface area contributed by atoms with Crippen molar-refractivity contribution >= 4 is 21.4 Å². The van der Waals surface area contributed by atoms with E-state index in [1.54, 1.807) is 25.1 Å². The van der Waals surface area contributed by atoms with Crippen LogP contribution in [0.25, 0.3) is 0 Å². The van der Waals surface area contributed by atoms with Gasteiger partial charge in [-0.1, -0.05) is 32.0 Å². The Morgan fingerprint density at radius 3 is 2.29 bits per heavy atom. The highest BCUT2D eigenvalue weighted by molar-refractivity contribution is 7.93. The van der Waals surface area contributed by atoms with Crippen molar-refractivity contribution in [3.8, 4) is 0 Å². The first-order chi connectivity index (χ1) is 9.71. The second-order valence-electron chi connectivity index (χ2n) is 5.53. The van der Waals surface area contributed by atoms with Crippen LogP contribution in [0, 0.1) is 5.92 Å². The lowest BCUT2D eigenvalue weighted by atomic mass is 10.1. The molecule has 3 N–H and O–H groups in total. The van der Waals surface area contributed by atoms with Crippen molar-refractivity contribution in [1.82, 2.24) is 0 Å². The third kappa shape index (κ3) is 4.04. The molecule has 0 saturated heterocycles. The van der Waals surface area contributed by atoms with Gasteiger partial charge in [0.1, 0.15) is 5.25 Å². The van der Waals surface area contributed by atoms with Gasteiger partial charge in [-0.15, -0.1) is 0 Å². The van der Waals surface area contributed by atoms with Crippen molar-refractivity contribution in [3.05, 3.63) is 29.8 Å². The van der Waals surface area contributed by atoms with Gasteiger partial charge in [0.2, 0.25) is 5.91 Å². The summed E-state index contributed by atoms with van der Waals surface area (Å²) >= 11 is 0. The standard InChI is InChI=1S/C15H24N2O3S/c1-10(2)11(3)21(19,20)12(4)15(18)17-14-8-6-5-7-13(14)9-16/h5-8,10-12H,9,16H2,1-4H3,(H,17,18). The van der Waals surface area contributed by atoms with E-state index >= 15 is 0 Å². The molecule has 21 heavy (non-hydrogen) atoms. The van der Waals surface area contributed by atoms with Crippen molar-refractivity contribution in [2.24, 2.45) is 11.7 Å². The predicted octanol–water partition coefficient (Wildman–Crippen LogP) is 1.93. The van der Waals surface area contributed by atoms with E-state index < -0.39 is 26.2 Å². The monoisotopic (exact) mass is 312 g/mol. The van der Waals surface area contributed by atoms with Crippen LogP contribution in [0.4, 0.5) is 5.69 Å². The zero-order valence-corrected chi connectivity index (χ0v) is 13.8. The van der Waals surface area contributed by atoms with Crippen LogP contribution in [0.15, 0.2) is 24.3 Å². The Kier molecular flexibility index (Phi) is 5.92. The number of nitrogens with one attached hydrogen (secondary N) is 1. The maximum Gasteiger partial charge on any atom is 0.242 e. The Morgan fingerprint density at radius 2 is 1.76 bits per heavy atom. The molecule has 0 aliphatic carbocycles. The lowest BCUT2D eigenvalue weighted by Gasteiger charge is -2.21. The normalized spacial score (nSPS) is 14.8. The molecule has 1 aromatic carbocycles. The fourth-order valence-electron chi connectivity index (χ4n) is 1.91. The van der Waals surface area contributed by atoms with Gasteiger partial charge < -0.3 is 11.1 Å². The molecule has 118 valence electrons. The molecule has 0 bridgehead atoms. The number of carbonyl (C=O) groups excluding carboxylic acids is 1. The number of nitrogens with two attached hydrogens (primary N) is 1. The van der Waals surface area contributed by atoms with Gasteiger partial charge >= 0.3 is 0 Å². The van der Waals surface area contributed by atoms with E-state index in [1.165, 1.54) is 6.92 Å². The highest BCUT2D eigenvalue weighted by Gasteiger charge is 2.34. The Labute approximate surface area is 126 Å². The van der Waals surface area contributed by atoms with Gasteiger partial charge in [0.25, 0.3) is 0 Å². The number of anilines is 1. The average molecular weight is 312 g/mol. The van der Waals surface area contributed by atoms with Gasteiger partial charge in [-0.2, -0.15) is 0 Å². The molecule has 0 fully saturated rings. The van der Waals surface area contributed by atoms with Crippen molar-refractivity contribution in [1.29, 1.82) is 0 Å². The summed E-state index contributed by atoms with van der Waals surface area (Å²) in [7, 11) is -3.52. The predicted molar refractivity (Wildman–Crippen MR) is 85.6 cm³/mol. The van der Waals surface area contributed by atoms with E-state index in [1.807, 2.05) is 19.9 Å². The molecular weight excluding hydrogens is 288 g/mol. The summed E-state index contributed by atoms with van der Waals surface area (Å²) in [6, 6.07) is 7.10. The summed E-state index contributed by atoms with van der Waals surface area (Å²) < 4.78 is 24.7. The third-order valence-corrected chi connectivity index (χ3v) is 6.59. The van der Waals surface area contributed by atoms with Crippen molar-refractivity contribution in [3.63, 3.8) is 0 Å². The SMILES string of the molecule is CC(C)C(C)S(=O)(=O)C(C)C(=O)Nc1ccccc1CN. The molecule has 0 heterocycles. The highest BCUT2D eigenvalue weighted by atomic mass is 32.2. The average Bonchev–Trinajstić information content (AvgIpc) is 2.45. The largest absolute Gasteiger partial charge is 0.326 e. The molecule has 0 aromatic heterocycles. The molecule has 6 heteroatoms. The highest BCUT2D eigenvalue weighted by Crippen LogP contribution is 2.20. The minimum absolute atomic E-state index is 0.0402. The number of hydrogen-bond acceptors (Lipinski definition) is 4. The van der Waals surface area contributed by atoms with E-state index in [0.717, 1.165) is 5.56 Å². The number of carbonyl (C=O) groups is 1. The molecule has 0 aliphatic heterocycles. The number of rotatable bonds is 6. The quantitative estimate of drug-likeness (QED) is 0.840. The summed E-state index contributed by atoms with van der Waals surface area (Å²) in [6.45, 7) is 7.00. The van der Waals surface area contributed by atoms with Crippen molar-refractivity contribution in [2.75, 3.05) is 5.32 Å². The first-order valence-corrected chi connectivity index (χ1v) is 8.64. The van der Waals surface area contributed by atoms with E-state index in [9.17, 15) is 13.2 Å². The Hall–Kier alpha value is -1.40. The molecule has 0 saturated carbocycles. The molecule has 0 spiro atoms. The number of amides is 1. The van der Waals surface area contributed by atoms with E-state index in [-0.39, 0.29) is 12.5 Å². The Morgan fingerprint density at radius 1 is 1.19 bits per heavy atom. The molecule has 0 aliphatic rings. The van der Waals surface area contributed by atoms with E-state index in [2.05, 4.69) is 5.32 Å². The van der Waals surface area contributed by atoms with Crippen LogP contribution >= 0.6 is 0 Å². The van der Waals surface area contributed by atoms with Gasteiger partial charge in [0, 0.05) is 12.2 Å². The fraction of sp³-hybridized carbons (Fsp3) is 0.533. The Balaban J connectivity index is 2.94. The molecule has 2 atom stereocenters. The maximum absolute atomic E-state index is 12.4. The van der Waals surface area contributed by atoms with Crippen LogP contribution in [-0.2, 0) is 21.2 Å². The summed E-state index contributed by atoms with van der Waals surface area (Å²) in [4.78, 5) is 12.2. The van der Waals surface area contributed by atoms with Crippen LogP contribution in [-0.4, -0.2) is 24.8 Å². The lowest BCUT2D eigenvalue weighted by molar-refractivity contribution is -0.115. The fourth-order valence-corrected chi connectivity index (χ4v) is 3.67. The lowest BCUT2D eigenvalue weighted by Crippen LogP contribution is -2.39. The van der Waals surface area contributed by atoms with Crippen molar-refractivity contribution in [2.45, 2.75) is 44.7 Å². The summed E-state index contributed by atoms with van der Waals surface area (Å²) in [5.41, 5.74) is 6.94. The molecule has 2 unspecified atom stereocenters.